The molecule has 0 bridgehead atoms. The molecule has 8 heteroatoms. The number of methoxy groups -OCH3 is 1. The third-order valence-corrected chi connectivity index (χ3v) is 4.51. The molecule has 1 aliphatic rings. The molecule has 3 rings (SSSR count). The fourth-order valence-electron chi connectivity index (χ4n) is 2.90. The number of carbonyl (C=O) groups excluding carboxylic acids is 1. The summed E-state index contributed by atoms with van der Waals surface area (Å²) in [5.41, 5.74) is 1.43. The van der Waals surface area contributed by atoms with Gasteiger partial charge in [0.05, 0.1) is 26.0 Å². The Kier molecular flexibility index (Phi) is 6.49. The minimum Gasteiger partial charge on any atom is -0.496 e. The van der Waals surface area contributed by atoms with Gasteiger partial charge in [-0.1, -0.05) is 11.6 Å². The third-order valence-electron chi connectivity index (χ3n) is 4.27. The molecule has 0 saturated carbocycles. The highest BCUT2D eigenvalue weighted by molar-refractivity contribution is 6.31. The summed E-state index contributed by atoms with van der Waals surface area (Å²) in [7, 11) is 1.59. The van der Waals surface area contributed by atoms with E-state index in [-0.39, 0.29) is 5.91 Å². The summed E-state index contributed by atoms with van der Waals surface area (Å²) in [5, 5.41) is 10.5. The number of halogens is 1. The topological polar surface area (TPSA) is 79.5 Å². The highest BCUT2D eigenvalue weighted by Crippen LogP contribution is 2.32. The van der Waals surface area contributed by atoms with Crippen LogP contribution in [0.1, 0.15) is 12.8 Å². The van der Waals surface area contributed by atoms with Crippen LogP contribution < -0.4 is 10.1 Å². The lowest BCUT2D eigenvalue weighted by Crippen LogP contribution is -2.37. The van der Waals surface area contributed by atoms with Gasteiger partial charge in [0.25, 0.3) is 0 Å². The first-order valence-electron chi connectivity index (χ1n) is 8.65. The Bertz CT molecular complexity index is 744. The maximum Gasteiger partial charge on any atom is 0.225 e. The summed E-state index contributed by atoms with van der Waals surface area (Å²) in [4.78, 5) is 14.4. The minimum atomic E-state index is -0.0356. The van der Waals surface area contributed by atoms with Gasteiger partial charge in [-0.15, -0.1) is 0 Å². The van der Waals surface area contributed by atoms with Crippen molar-refractivity contribution in [3.63, 3.8) is 0 Å². The van der Waals surface area contributed by atoms with Crippen LogP contribution in [-0.2, 0) is 9.53 Å². The zero-order valence-electron chi connectivity index (χ0n) is 14.8. The molecule has 1 saturated heterocycles. The summed E-state index contributed by atoms with van der Waals surface area (Å²) in [5.74, 6) is 1.19. The van der Waals surface area contributed by atoms with Gasteiger partial charge in [-0.05, 0) is 31.2 Å². The van der Waals surface area contributed by atoms with Crippen LogP contribution in [-0.4, -0.2) is 61.0 Å². The second-order valence-corrected chi connectivity index (χ2v) is 6.55. The maximum atomic E-state index is 12.1. The number of anilines is 1. The van der Waals surface area contributed by atoms with Crippen molar-refractivity contribution in [2.75, 3.05) is 45.3 Å². The lowest BCUT2D eigenvalue weighted by atomic mass is 10.1. The van der Waals surface area contributed by atoms with Gasteiger partial charge in [-0.2, -0.15) is 5.10 Å². The number of nitrogens with zero attached hydrogens (tertiary/aromatic N) is 2. The van der Waals surface area contributed by atoms with E-state index in [9.17, 15) is 4.79 Å². The summed E-state index contributed by atoms with van der Waals surface area (Å²) >= 11 is 6.06. The second-order valence-electron chi connectivity index (χ2n) is 6.12. The Labute approximate surface area is 157 Å². The average Bonchev–Trinajstić information content (AvgIpc) is 3.11. The number of rotatable bonds is 7. The molecule has 0 radical (unpaired) electrons. The van der Waals surface area contributed by atoms with E-state index in [0.717, 1.165) is 44.8 Å². The maximum absolute atomic E-state index is 12.1. The van der Waals surface area contributed by atoms with Crippen molar-refractivity contribution in [3.8, 4) is 17.0 Å². The second kappa shape index (κ2) is 9.02. The van der Waals surface area contributed by atoms with Crippen LogP contribution in [0.15, 0.2) is 24.3 Å². The first-order valence-corrected chi connectivity index (χ1v) is 9.03. The van der Waals surface area contributed by atoms with E-state index in [4.69, 9.17) is 21.1 Å². The smallest absolute Gasteiger partial charge is 0.225 e. The molecule has 0 spiro atoms. The molecule has 1 amide bonds. The number of nitrogens with one attached hydrogen (secondary N) is 2. The monoisotopic (exact) mass is 378 g/mol. The number of hydrogen-bond donors (Lipinski definition) is 2. The predicted octanol–water partition coefficient (Wildman–Crippen LogP) is 2.79. The lowest BCUT2D eigenvalue weighted by Gasteiger charge is -2.26. The quantitative estimate of drug-likeness (QED) is 0.774. The summed E-state index contributed by atoms with van der Waals surface area (Å²) in [6, 6.07) is 7.10. The number of amides is 1. The molecule has 7 nitrogen and oxygen atoms in total. The van der Waals surface area contributed by atoms with Gasteiger partial charge in [0.15, 0.2) is 0 Å². The lowest BCUT2D eigenvalue weighted by molar-refractivity contribution is -0.116. The standard InChI is InChI=1S/C18H23ClN4O3/c1-25-16-5-4-13(19)11-14(16)15-12-17(22-21-15)20-18(24)3-2-6-23-7-9-26-10-8-23/h4-5,11-12H,2-3,6-10H2,1H3,(H2,20,21,22,24). The van der Waals surface area contributed by atoms with E-state index in [1.54, 1.807) is 31.4 Å². The molecule has 0 aliphatic carbocycles. The number of aromatic amines is 1. The zero-order valence-corrected chi connectivity index (χ0v) is 15.5. The highest BCUT2D eigenvalue weighted by atomic mass is 35.5. The molecule has 2 heterocycles. The molecule has 1 aliphatic heterocycles. The van der Waals surface area contributed by atoms with Crippen molar-refractivity contribution in [3.05, 3.63) is 29.3 Å². The van der Waals surface area contributed by atoms with Gasteiger partial charge < -0.3 is 14.8 Å². The van der Waals surface area contributed by atoms with Gasteiger partial charge in [0.2, 0.25) is 5.91 Å². The Balaban J connectivity index is 1.53. The number of benzene rings is 1. The van der Waals surface area contributed by atoms with E-state index in [0.29, 0.717) is 28.7 Å². The van der Waals surface area contributed by atoms with E-state index < -0.39 is 0 Å². The van der Waals surface area contributed by atoms with Crippen molar-refractivity contribution in [2.45, 2.75) is 12.8 Å². The van der Waals surface area contributed by atoms with Gasteiger partial charge >= 0.3 is 0 Å². The first-order chi connectivity index (χ1) is 12.7. The average molecular weight is 379 g/mol. The van der Waals surface area contributed by atoms with E-state index >= 15 is 0 Å². The Hall–Kier alpha value is -2.09. The Morgan fingerprint density at radius 1 is 1.38 bits per heavy atom. The predicted molar refractivity (Wildman–Crippen MR) is 101 cm³/mol. The van der Waals surface area contributed by atoms with E-state index in [1.807, 2.05) is 0 Å². The number of morpholine rings is 1. The van der Waals surface area contributed by atoms with Crippen LogP contribution in [0.5, 0.6) is 5.75 Å². The number of aromatic nitrogens is 2. The van der Waals surface area contributed by atoms with Crippen molar-refractivity contribution in [1.29, 1.82) is 0 Å². The van der Waals surface area contributed by atoms with E-state index in [1.165, 1.54) is 0 Å². The molecular formula is C18H23ClN4O3. The number of hydrogen-bond acceptors (Lipinski definition) is 5. The molecule has 2 N–H and O–H groups in total. The van der Waals surface area contributed by atoms with Crippen molar-refractivity contribution in [2.24, 2.45) is 0 Å². The fourth-order valence-corrected chi connectivity index (χ4v) is 3.08. The molecule has 1 fully saturated rings. The zero-order chi connectivity index (χ0) is 18.4. The Morgan fingerprint density at radius 3 is 2.96 bits per heavy atom. The number of carbonyl (C=O) groups is 1. The summed E-state index contributed by atoms with van der Waals surface area (Å²) in [6.07, 6.45) is 1.28. The van der Waals surface area contributed by atoms with Crippen molar-refractivity contribution < 1.29 is 14.3 Å². The molecule has 0 unspecified atom stereocenters. The molecule has 1 aromatic heterocycles. The first kappa shape index (κ1) is 18.7. The number of H-pyrrole nitrogens is 1. The van der Waals surface area contributed by atoms with Crippen LogP contribution in [0.4, 0.5) is 5.82 Å². The molecule has 26 heavy (non-hydrogen) atoms. The van der Waals surface area contributed by atoms with Crippen LogP contribution >= 0.6 is 11.6 Å². The van der Waals surface area contributed by atoms with Gasteiger partial charge in [0.1, 0.15) is 11.6 Å². The normalized spacial score (nSPS) is 15.0. The number of ether oxygens (including phenoxy) is 2. The Morgan fingerprint density at radius 2 is 2.19 bits per heavy atom. The SMILES string of the molecule is COc1ccc(Cl)cc1-c1cc(NC(=O)CCCN2CCOCC2)[nH]n1. The molecule has 0 atom stereocenters. The van der Waals surface area contributed by atoms with Crippen molar-refractivity contribution in [1.82, 2.24) is 15.1 Å². The third kappa shape index (κ3) is 4.97. The van der Waals surface area contributed by atoms with Crippen LogP contribution in [0, 0.1) is 0 Å². The largest absolute Gasteiger partial charge is 0.496 e. The highest BCUT2D eigenvalue weighted by Gasteiger charge is 2.13. The molecule has 1 aromatic carbocycles. The van der Waals surface area contributed by atoms with Crippen LogP contribution in [0.25, 0.3) is 11.3 Å². The van der Waals surface area contributed by atoms with Gasteiger partial charge in [0, 0.05) is 36.2 Å². The molecule has 2 aromatic rings. The molecular weight excluding hydrogens is 356 g/mol. The van der Waals surface area contributed by atoms with Crippen LogP contribution in [0.3, 0.4) is 0 Å². The van der Waals surface area contributed by atoms with Gasteiger partial charge in [-0.3, -0.25) is 14.8 Å². The van der Waals surface area contributed by atoms with E-state index in [2.05, 4.69) is 20.4 Å². The fraction of sp³-hybridized carbons (Fsp3) is 0.444. The minimum absolute atomic E-state index is 0.0356. The van der Waals surface area contributed by atoms with Crippen LogP contribution in [0.2, 0.25) is 5.02 Å². The van der Waals surface area contributed by atoms with Crippen molar-refractivity contribution >= 4 is 23.3 Å². The molecule has 140 valence electrons. The van der Waals surface area contributed by atoms with Gasteiger partial charge in [-0.25, -0.2) is 0 Å². The summed E-state index contributed by atoms with van der Waals surface area (Å²) < 4.78 is 10.7. The summed E-state index contributed by atoms with van der Waals surface area (Å²) in [6.45, 7) is 4.33.